The van der Waals surface area contributed by atoms with Crippen LogP contribution < -0.4 is 4.74 Å². The van der Waals surface area contributed by atoms with Gasteiger partial charge in [-0.2, -0.15) is 0 Å². The fourth-order valence-corrected chi connectivity index (χ4v) is 0.881. The van der Waals surface area contributed by atoms with Gasteiger partial charge in [0.2, 0.25) is 0 Å². The van der Waals surface area contributed by atoms with Crippen molar-refractivity contribution in [1.29, 1.82) is 0 Å². The molecule has 0 unspecified atom stereocenters. The lowest BCUT2D eigenvalue weighted by Crippen LogP contribution is -1.83. The maximum absolute atomic E-state index is 5.05. The van der Waals surface area contributed by atoms with E-state index in [0.717, 1.165) is 11.3 Å². The van der Waals surface area contributed by atoms with Crippen molar-refractivity contribution in [1.82, 2.24) is 0 Å². The zero-order valence-electron chi connectivity index (χ0n) is 6.58. The van der Waals surface area contributed by atoms with E-state index in [1.165, 1.54) is 0 Å². The molecule has 0 fully saturated rings. The summed E-state index contributed by atoms with van der Waals surface area (Å²) in [6.45, 7) is 3.62. The first kappa shape index (κ1) is 7.86. The Morgan fingerprint density at radius 3 is 2.91 bits per heavy atom. The van der Waals surface area contributed by atoms with Crippen LogP contribution in [0.25, 0.3) is 0 Å². The fourth-order valence-electron chi connectivity index (χ4n) is 0.881. The van der Waals surface area contributed by atoms with E-state index in [0.29, 0.717) is 0 Å². The molecule has 0 aliphatic heterocycles. The number of hydrogen-bond acceptors (Lipinski definition) is 1. The van der Waals surface area contributed by atoms with Gasteiger partial charge in [-0.05, 0) is 17.7 Å². The van der Waals surface area contributed by atoms with E-state index in [-0.39, 0.29) is 0 Å². The summed E-state index contributed by atoms with van der Waals surface area (Å²) in [4.78, 5) is 0. The first-order valence-electron chi connectivity index (χ1n) is 3.46. The molecule has 1 aromatic rings. The summed E-state index contributed by atoms with van der Waals surface area (Å²) in [5, 5.41) is 0. The first-order valence-corrected chi connectivity index (χ1v) is 3.46. The van der Waals surface area contributed by atoms with Gasteiger partial charge in [0.25, 0.3) is 0 Å². The van der Waals surface area contributed by atoms with Crippen LogP contribution in [0.3, 0.4) is 0 Å². The average molecular weight is 147 g/mol. The van der Waals surface area contributed by atoms with Crippen LogP contribution in [-0.4, -0.2) is 7.11 Å². The number of methoxy groups -OCH3 is 1. The molecule has 0 saturated carbocycles. The Labute approximate surface area is 67.3 Å². The Bertz CT molecular complexity index is 240. The SMILES string of the molecule is C=C[CH]c1cccc(OC)c1. The maximum Gasteiger partial charge on any atom is 0.119 e. The van der Waals surface area contributed by atoms with Gasteiger partial charge in [0.15, 0.2) is 0 Å². The van der Waals surface area contributed by atoms with E-state index >= 15 is 0 Å². The first-order chi connectivity index (χ1) is 5.36. The van der Waals surface area contributed by atoms with Crippen LogP contribution in [0.15, 0.2) is 36.9 Å². The molecule has 11 heavy (non-hydrogen) atoms. The molecule has 0 spiro atoms. The minimum absolute atomic E-state index is 0.876. The van der Waals surface area contributed by atoms with E-state index in [1.807, 2.05) is 30.7 Å². The summed E-state index contributed by atoms with van der Waals surface area (Å²) in [7, 11) is 1.66. The quantitative estimate of drug-likeness (QED) is 0.638. The predicted molar refractivity (Wildman–Crippen MR) is 46.6 cm³/mol. The molecule has 0 aliphatic carbocycles. The second-order valence-electron chi connectivity index (χ2n) is 2.18. The van der Waals surface area contributed by atoms with Gasteiger partial charge >= 0.3 is 0 Å². The van der Waals surface area contributed by atoms with Gasteiger partial charge in [-0.25, -0.2) is 0 Å². The minimum Gasteiger partial charge on any atom is -0.497 e. The van der Waals surface area contributed by atoms with Gasteiger partial charge in [0, 0.05) is 6.42 Å². The topological polar surface area (TPSA) is 9.23 Å². The van der Waals surface area contributed by atoms with E-state index in [4.69, 9.17) is 4.74 Å². The van der Waals surface area contributed by atoms with Crippen LogP contribution in [0.2, 0.25) is 0 Å². The summed E-state index contributed by atoms with van der Waals surface area (Å²) >= 11 is 0. The minimum atomic E-state index is 0.876. The van der Waals surface area contributed by atoms with Crippen molar-refractivity contribution in [2.75, 3.05) is 7.11 Å². The number of hydrogen-bond donors (Lipinski definition) is 0. The van der Waals surface area contributed by atoms with Gasteiger partial charge in [-0.15, -0.1) is 6.58 Å². The standard InChI is InChI=1S/C10H11O/c1-3-5-9-6-4-7-10(8-9)11-2/h3-8H,1H2,2H3. The third kappa shape index (κ3) is 2.11. The monoisotopic (exact) mass is 147 g/mol. The van der Waals surface area contributed by atoms with Crippen molar-refractivity contribution in [3.63, 3.8) is 0 Å². The molecule has 0 N–H and O–H groups in total. The molecular formula is C10H11O. The third-order valence-electron chi connectivity index (χ3n) is 1.40. The predicted octanol–water partition coefficient (Wildman–Crippen LogP) is 2.43. The van der Waals surface area contributed by atoms with Gasteiger partial charge in [-0.1, -0.05) is 18.2 Å². The van der Waals surface area contributed by atoms with Crippen LogP contribution in [0.5, 0.6) is 5.75 Å². The maximum atomic E-state index is 5.05. The van der Waals surface area contributed by atoms with Crippen LogP contribution in [0.4, 0.5) is 0 Å². The molecule has 0 amide bonds. The second kappa shape index (κ2) is 3.81. The van der Waals surface area contributed by atoms with E-state index < -0.39 is 0 Å². The van der Waals surface area contributed by atoms with Crippen LogP contribution in [0, 0.1) is 6.42 Å². The molecule has 0 aliphatic rings. The fraction of sp³-hybridized carbons (Fsp3) is 0.100. The Morgan fingerprint density at radius 2 is 2.27 bits per heavy atom. The zero-order valence-corrected chi connectivity index (χ0v) is 6.58. The molecule has 57 valence electrons. The lowest BCUT2D eigenvalue weighted by atomic mass is 10.1. The summed E-state index contributed by atoms with van der Waals surface area (Å²) in [5.41, 5.74) is 1.11. The van der Waals surface area contributed by atoms with Gasteiger partial charge < -0.3 is 4.74 Å². The van der Waals surface area contributed by atoms with E-state index in [1.54, 1.807) is 13.2 Å². The molecule has 1 aromatic carbocycles. The number of rotatable bonds is 3. The largest absolute Gasteiger partial charge is 0.497 e. The van der Waals surface area contributed by atoms with Crippen molar-refractivity contribution >= 4 is 0 Å². The number of ether oxygens (including phenoxy) is 1. The highest BCUT2D eigenvalue weighted by Gasteiger charge is 1.91. The van der Waals surface area contributed by atoms with Crippen molar-refractivity contribution in [3.05, 3.63) is 48.9 Å². The number of allylic oxidation sites excluding steroid dienone is 1. The normalized spacial score (nSPS) is 9.18. The lowest BCUT2D eigenvalue weighted by molar-refractivity contribution is 0.414. The Balaban J connectivity index is 2.82. The highest BCUT2D eigenvalue weighted by molar-refractivity contribution is 5.34. The van der Waals surface area contributed by atoms with Gasteiger partial charge in [-0.3, -0.25) is 0 Å². The summed E-state index contributed by atoms with van der Waals surface area (Å²) in [5.74, 6) is 0.876. The Kier molecular flexibility index (Phi) is 2.73. The zero-order chi connectivity index (χ0) is 8.10. The molecule has 0 bridgehead atoms. The van der Waals surface area contributed by atoms with Gasteiger partial charge in [0.05, 0.1) is 7.11 Å². The highest BCUT2D eigenvalue weighted by Crippen LogP contribution is 2.13. The van der Waals surface area contributed by atoms with Crippen molar-refractivity contribution in [2.45, 2.75) is 0 Å². The third-order valence-corrected chi connectivity index (χ3v) is 1.40. The van der Waals surface area contributed by atoms with E-state index in [2.05, 4.69) is 6.58 Å². The molecule has 1 rings (SSSR count). The molecule has 0 aromatic heterocycles. The Hall–Kier alpha value is -1.24. The average Bonchev–Trinajstić information content (AvgIpc) is 2.06. The van der Waals surface area contributed by atoms with Crippen molar-refractivity contribution in [2.24, 2.45) is 0 Å². The lowest BCUT2D eigenvalue weighted by Gasteiger charge is -2.00. The highest BCUT2D eigenvalue weighted by atomic mass is 16.5. The van der Waals surface area contributed by atoms with E-state index in [9.17, 15) is 0 Å². The molecule has 1 nitrogen and oxygen atoms in total. The van der Waals surface area contributed by atoms with Crippen LogP contribution >= 0.6 is 0 Å². The summed E-state index contributed by atoms with van der Waals surface area (Å²) in [6, 6.07) is 7.83. The van der Waals surface area contributed by atoms with Crippen LogP contribution in [-0.2, 0) is 0 Å². The van der Waals surface area contributed by atoms with Crippen LogP contribution in [0.1, 0.15) is 5.56 Å². The number of benzene rings is 1. The molecular weight excluding hydrogens is 136 g/mol. The molecule has 0 heterocycles. The summed E-state index contributed by atoms with van der Waals surface area (Å²) < 4.78 is 5.05. The molecule has 0 saturated heterocycles. The molecule has 1 radical (unpaired) electrons. The van der Waals surface area contributed by atoms with Crippen molar-refractivity contribution < 1.29 is 4.74 Å². The molecule has 1 heteroatoms. The van der Waals surface area contributed by atoms with Gasteiger partial charge in [0.1, 0.15) is 5.75 Å². The Morgan fingerprint density at radius 1 is 1.45 bits per heavy atom. The summed E-state index contributed by atoms with van der Waals surface area (Å²) in [6.07, 6.45) is 3.69. The smallest absolute Gasteiger partial charge is 0.119 e. The molecule has 0 atom stereocenters. The second-order valence-corrected chi connectivity index (χ2v) is 2.18. The van der Waals surface area contributed by atoms with Crippen molar-refractivity contribution in [3.8, 4) is 5.75 Å².